The Hall–Kier alpha value is -2.83. The van der Waals surface area contributed by atoms with Crippen molar-refractivity contribution in [2.75, 3.05) is 35.2 Å². The van der Waals surface area contributed by atoms with Crippen LogP contribution in [0.15, 0.2) is 36.7 Å². The predicted octanol–water partition coefficient (Wildman–Crippen LogP) is 3.12. The summed E-state index contributed by atoms with van der Waals surface area (Å²) < 4.78 is 5.50. The third-order valence-electron chi connectivity index (χ3n) is 3.76. The molecule has 2 aromatic rings. The van der Waals surface area contributed by atoms with E-state index in [2.05, 4.69) is 25.5 Å². The van der Waals surface area contributed by atoms with E-state index >= 15 is 0 Å². The van der Waals surface area contributed by atoms with Gasteiger partial charge in [-0.05, 0) is 31.9 Å². The number of nitrogens with one attached hydrogen (secondary N) is 2. The number of aromatic nitrogens is 2. The van der Waals surface area contributed by atoms with Crippen molar-refractivity contribution in [2.45, 2.75) is 19.8 Å². The topological polar surface area (TPSA) is 79.4 Å². The number of hydrogen-bond donors (Lipinski definition) is 2. The highest BCUT2D eigenvalue weighted by molar-refractivity contribution is 6.00. The zero-order valence-corrected chi connectivity index (χ0v) is 13.7. The number of hydrogen-bond acceptors (Lipinski definition) is 5. The summed E-state index contributed by atoms with van der Waals surface area (Å²) >= 11 is 0. The average molecular weight is 327 g/mol. The van der Waals surface area contributed by atoms with Crippen LogP contribution in [-0.4, -0.2) is 35.7 Å². The van der Waals surface area contributed by atoms with Gasteiger partial charge in [-0.2, -0.15) is 0 Å². The summed E-state index contributed by atoms with van der Waals surface area (Å²) in [6, 6.07) is 8.73. The maximum Gasteiger partial charge on any atom is 0.324 e. The van der Waals surface area contributed by atoms with Crippen molar-refractivity contribution in [1.82, 2.24) is 9.97 Å². The van der Waals surface area contributed by atoms with E-state index < -0.39 is 0 Å². The summed E-state index contributed by atoms with van der Waals surface area (Å²) in [6.45, 7) is 4.41. The van der Waals surface area contributed by atoms with Gasteiger partial charge in [-0.25, -0.2) is 14.8 Å². The molecule has 1 aliphatic rings. The van der Waals surface area contributed by atoms with Gasteiger partial charge >= 0.3 is 6.03 Å². The third-order valence-corrected chi connectivity index (χ3v) is 3.76. The fourth-order valence-corrected chi connectivity index (χ4v) is 2.66. The number of carbonyl (C=O) groups excluding carboxylic acids is 1. The largest absolute Gasteiger partial charge is 0.492 e. The van der Waals surface area contributed by atoms with Crippen LogP contribution in [-0.2, 0) is 0 Å². The molecule has 1 saturated heterocycles. The molecule has 1 fully saturated rings. The number of ether oxygens (including phenoxy) is 1. The van der Waals surface area contributed by atoms with Gasteiger partial charge in [0.15, 0.2) is 0 Å². The van der Waals surface area contributed by atoms with Gasteiger partial charge in [-0.3, -0.25) is 5.32 Å². The lowest BCUT2D eigenvalue weighted by molar-refractivity contribution is 0.262. The van der Waals surface area contributed by atoms with Crippen LogP contribution in [0.3, 0.4) is 0 Å². The Morgan fingerprint density at radius 2 is 2.00 bits per heavy atom. The average Bonchev–Trinajstić information content (AvgIpc) is 3.12. The summed E-state index contributed by atoms with van der Waals surface area (Å²) in [4.78, 5) is 22.8. The van der Waals surface area contributed by atoms with E-state index in [1.165, 1.54) is 19.2 Å². The van der Waals surface area contributed by atoms with Gasteiger partial charge < -0.3 is 15.0 Å². The van der Waals surface area contributed by atoms with Crippen LogP contribution in [0, 0.1) is 0 Å². The van der Waals surface area contributed by atoms with E-state index in [0.29, 0.717) is 23.9 Å². The maximum absolute atomic E-state index is 12.2. The first-order chi connectivity index (χ1) is 11.8. The van der Waals surface area contributed by atoms with Crippen molar-refractivity contribution in [3.8, 4) is 5.75 Å². The number of carbonyl (C=O) groups is 1. The lowest BCUT2D eigenvalue weighted by Gasteiger charge is -2.16. The quantitative estimate of drug-likeness (QED) is 0.882. The first kappa shape index (κ1) is 16.0. The van der Waals surface area contributed by atoms with E-state index in [4.69, 9.17) is 4.74 Å². The van der Waals surface area contributed by atoms with Crippen molar-refractivity contribution in [2.24, 2.45) is 0 Å². The molecule has 1 aromatic heterocycles. The van der Waals surface area contributed by atoms with Gasteiger partial charge in [0.05, 0.1) is 12.3 Å². The highest BCUT2D eigenvalue weighted by Gasteiger charge is 2.15. The summed E-state index contributed by atoms with van der Waals surface area (Å²) in [5, 5.41) is 5.52. The summed E-state index contributed by atoms with van der Waals surface area (Å²) in [6.07, 6.45) is 3.81. The lowest BCUT2D eigenvalue weighted by Crippen LogP contribution is -2.22. The molecule has 0 atom stereocenters. The summed E-state index contributed by atoms with van der Waals surface area (Å²) in [5.41, 5.74) is 0.616. The molecule has 0 spiro atoms. The molecule has 0 radical (unpaired) electrons. The molecule has 1 aromatic carbocycles. The Labute approximate surface area is 141 Å². The molecule has 2 heterocycles. The predicted molar refractivity (Wildman–Crippen MR) is 93.7 cm³/mol. The number of anilines is 3. The van der Waals surface area contributed by atoms with Crippen LogP contribution in [0.4, 0.5) is 22.1 Å². The Bertz CT molecular complexity index is 701. The monoisotopic (exact) mass is 327 g/mol. The standard InChI is InChI=1S/C17H21N5O2/c1-2-24-14-8-4-3-7-13(14)20-17(23)21-15-11-16(19-12-18-15)22-9-5-6-10-22/h3-4,7-8,11-12H,2,5-6,9-10H2,1H3,(H2,18,19,20,21,23). The molecule has 0 aliphatic carbocycles. The van der Waals surface area contributed by atoms with Crippen molar-refractivity contribution >= 4 is 23.4 Å². The zero-order chi connectivity index (χ0) is 16.8. The second-order valence-electron chi connectivity index (χ2n) is 5.46. The van der Waals surface area contributed by atoms with Gasteiger partial charge in [-0.15, -0.1) is 0 Å². The molecule has 2 amide bonds. The second kappa shape index (κ2) is 7.63. The van der Waals surface area contributed by atoms with Crippen molar-refractivity contribution < 1.29 is 9.53 Å². The molecular weight excluding hydrogens is 306 g/mol. The highest BCUT2D eigenvalue weighted by Crippen LogP contribution is 2.24. The highest BCUT2D eigenvalue weighted by atomic mass is 16.5. The molecule has 24 heavy (non-hydrogen) atoms. The first-order valence-corrected chi connectivity index (χ1v) is 8.13. The van der Waals surface area contributed by atoms with Crippen LogP contribution in [0.25, 0.3) is 0 Å². The van der Waals surface area contributed by atoms with Crippen molar-refractivity contribution in [1.29, 1.82) is 0 Å². The number of urea groups is 1. The lowest BCUT2D eigenvalue weighted by atomic mass is 10.3. The minimum atomic E-state index is -0.367. The van der Waals surface area contributed by atoms with E-state index in [1.807, 2.05) is 25.1 Å². The zero-order valence-electron chi connectivity index (χ0n) is 13.7. The second-order valence-corrected chi connectivity index (χ2v) is 5.46. The molecular formula is C17H21N5O2. The number of benzene rings is 1. The van der Waals surface area contributed by atoms with Crippen molar-refractivity contribution in [3.05, 3.63) is 36.7 Å². The van der Waals surface area contributed by atoms with E-state index in [9.17, 15) is 4.79 Å². The van der Waals surface area contributed by atoms with Crippen LogP contribution in [0.2, 0.25) is 0 Å². The Morgan fingerprint density at radius 3 is 2.79 bits per heavy atom. The third kappa shape index (κ3) is 3.92. The molecule has 7 nitrogen and oxygen atoms in total. The normalized spacial score (nSPS) is 13.6. The minimum absolute atomic E-state index is 0.367. The van der Waals surface area contributed by atoms with Crippen LogP contribution in [0.5, 0.6) is 5.75 Å². The van der Waals surface area contributed by atoms with Crippen molar-refractivity contribution in [3.63, 3.8) is 0 Å². The van der Waals surface area contributed by atoms with Crippen LogP contribution >= 0.6 is 0 Å². The molecule has 7 heteroatoms. The SMILES string of the molecule is CCOc1ccccc1NC(=O)Nc1cc(N2CCCC2)ncn1. The molecule has 2 N–H and O–H groups in total. The summed E-state index contributed by atoms with van der Waals surface area (Å²) in [5.74, 6) is 1.95. The van der Waals surface area contributed by atoms with Gasteiger partial charge in [0.1, 0.15) is 23.7 Å². The maximum atomic E-state index is 12.2. The van der Waals surface area contributed by atoms with Gasteiger partial charge in [0.25, 0.3) is 0 Å². The smallest absolute Gasteiger partial charge is 0.324 e. The van der Waals surface area contributed by atoms with E-state index in [1.54, 1.807) is 12.1 Å². The molecule has 0 saturated carbocycles. The fourth-order valence-electron chi connectivity index (χ4n) is 2.66. The molecule has 1 aliphatic heterocycles. The van der Waals surface area contributed by atoms with Gasteiger partial charge in [0, 0.05) is 19.2 Å². The van der Waals surface area contributed by atoms with E-state index in [-0.39, 0.29) is 6.03 Å². The van der Waals surface area contributed by atoms with Gasteiger partial charge in [-0.1, -0.05) is 12.1 Å². The fraction of sp³-hybridized carbons (Fsp3) is 0.353. The molecule has 0 bridgehead atoms. The van der Waals surface area contributed by atoms with Crippen LogP contribution in [0.1, 0.15) is 19.8 Å². The number of nitrogens with zero attached hydrogens (tertiary/aromatic N) is 3. The molecule has 126 valence electrons. The van der Waals surface area contributed by atoms with Gasteiger partial charge in [0.2, 0.25) is 0 Å². The molecule has 0 unspecified atom stereocenters. The summed E-state index contributed by atoms with van der Waals surface area (Å²) in [7, 11) is 0. The Morgan fingerprint density at radius 1 is 1.21 bits per heavy atom. The van der Waals surface area contributed by atoms with Crippen LogP contribution < -0.4 is 20.3 Å². The number of amides is 2. The minimum Gasteiger partial charge on any atom is -0.492 e. The number of rotatable bonds is 5. The Balaban J connectivity index is 1.66. The number of para-hydroxylation sites is 2. The molecule has 3 rings (SSSR count). The van der Waals surface area contributed by atoms with E-state index in [0.717, 1.165) is 18.9 Å². The first-order valence-electron chi connectivity index (χ1n) is 8.13. The Kier molecular flexibility index (Phi) is 5.10.